The lowest BCUT2D eigenvalue weighted by molar-refractivity contribution is -0.123. The molecule has 1 aliphatic rings. The van der Waals surface area contributed by atoms with Gasteiger partial charge in [-0.05, 0) is 12.5 Å². The number of carbonyl (C=O) groups is 1. The number of carbonyl (C=O) groups excluding carboxylic acids is 1. The van der Waals surface area contributed by atoms with E-state index in [1.807, 2.05) is 17.9 Å². The van der Waals surface area contributed by atoms with Gasteiger partial charge in [0, 0.05) is 25.2 Å². The monoisotopic (exact) mass is 235 g/mol. The average Bonchev–Trinajstić information content (AvgIpc) is 2.38. The van der Waals surface area contributed by atoms with Gasteiger partial charge in [-0.2, -0.15) is 5.10 Å². The molecule has 1 fully saturated rings. The molecule has 6 heteroatoms. The molecule has 1 aliphatic heterocycles. The van der Waals surface area contributed by atoms with Crippen LogP contribution >= 0.6 is 0 Å². The lowest BCUT2D eigenvalue weighted by atomic mass is 10.1. The summed E-state index contributed by atoms with van der Waals surface area (Å²) in [7, 11) is 0. The molecule has 2 rings (SSSR count). The van der Waals surface area contributed by atoms with Crippen molar-refractivity contribution in [3.8, 4) is 0 Å². The zero-order valence-electron chi connectivity index (χ0n) is 9.89. The van der Waals surface area contributed by atoms with E-state index in [1.165, 1.54) is 0 Å². The number of piperazine rings is 1. The van der Waals surface area contributed by atoms with Gasteiger partial charge < -0.3 is 16.0 Å². The molecule has 1 aromatic rings. The van der Waals surface area contributed by atoms with Gasteiger partial charge in [-0.25, -0.2) is 0 Å². The molecule has 3 N–H and O–H groups in total. The number of nitrogens with two attached hydrogens (primary N) is 1. The van der Waals surface area contributed by atoms with Gasteiger partial charge in [0.25, 0.3) is 0 Å². The first-order valence-electron chi connectivity index (χ1n) is 5.83. The molecule has 2 heterocycles. The van der Waals surface area contributed by atoms with Gasteiger partial charge in [-0.15, -0.1) is 5.10 Å². The standard InChI is InChI=1S/C11H17N5O/c1-2-9-11(17)13-5-6-16(9)10-8(7-12)3-4-14-15-10/h3-4,9H,2,5-7,12H2,1H3,(H,13,17). The molecule has 17 heavy (non-hydrogen) atoms. The zero-order valence-corrected chi connectivity index (χ0v) is 9.89. The second-order valence-electron chi connectivity index (χ2n) is 3.99. The van der Waals surface area contributed by atoms with Gasteiger partial charge in [0.2, 0.25) is 5.91 Å². The highest BCUT2D eigenvalue weighted by Crippen LogP contribution is 2.21. The molecule has 0 spiro atoms. The Morgan fingerprint density at radius 1 is 1.65 bits per heavy atom. The molecule has 0 radical (unpaired) electrons. The van der Waals surface area contributed by atoms with Gasteiger partial charge in [0.15, 0.2) is 5.82 Å². The van der Waals surface area contributed by atoms with E-state index in [0.29, 0.717) is 13.1 Å². The number of rotatable bonds is 3. The van der Waals surface area contributed by atoms with E-state index in [2.05, 4.69) is 15.5 Å². The quantitative estimate of drug-likeness (QED) is 0.748. The van der Waals surface area contributed by atoms with Crippen LogP contribution in [0.25, 0.3) is 0 Å². The molecule has 1 amide bonds. The minimum Gasteiger partial charge on any atom is -0.353 e. The summed E-state index contributed by atoms with van der Waals surface area (Å²) in [6.45, 7) is 3.77. The fourth-order valence-corrected chi connectivity index (χ4v) is 2.13. The van der Waals surface area contributed by atoms with Crippen LogP contribution in [0.1, 0.15) is 18.9 Å². The van der Waals surface area contributed by atoms with Crippen molar-refractivity contribution in [2.45, 2.75) is 25.9 Å². The third-order valence-electron chi connectivity index (χ3n) is 2.99. The summed E-state index contributed by atoms with van der Waals surface area (Å²) in [6, 6.07) is 1.67. The Morgan fingerprint density at radius 2 is 2.47 bits per heavy atom. The second kappa shape index (κ2) is 5.09. The summed E-state index contributed by atoms with van der Waals surface area (Å²) in [4.78, 5) is 13.8. The highest BCUT2D eigenvalue weighted by Gasteiger charge is 2.30. The van der Waals surface area contributed by atoms with Crippen LogP contribution in [0, 0.1) is 0 Å². The number of aromatic nitrogens is 2. The Balaban J connectivity index is 2.33. The predicted molar refractivity (Wildman–Crippen MR) is 64.4 cm³/mol. The van der Waals surface area contributed by atoms with Crippen molar-refractivity contribution in [2.75, 3.05) is 18.0 Å². The molecule has 0 aliphatic carbocycles. The SMILES string of the molecule is CCC1C(=O)NCCN1c1nnccc1CN. The van der Waals surface area contributed by atoms with Crippen LogP contribution in [-0.4, -0.2) is 35.2 Å². The van der Waals surface area contributed by atoms with E-state index < -0.39 is 0 Å². The highest BCUT2D eigenvalue weighted by molar-refractivity contribution is 5.86. The van der Waals surface area contributed by atoms with E-state index in [0.717, 1.165) is 24.3 Å². The molecule has 0 aromatic carbocycles. The number of nitrogens with one attached hydrogen (secondary N) is 1. The van der Waals surface area contributed by atoms with Crippen LogP contribution < -0.4 is 16.0 Å². The Morgan fingerprint density at radius 3 is 3.18 bits per heavy atom. The molecule has 0 saturated carbocycles. The largest absolute Gasteiger partial charge is 0.353 e. The minimum atomic E-state index is -0.175. The number of nitrogens with zero attached hydrogens (tertiary/aromatic N) is 3. The van der Waals surface area contributed by atoms with Gasteiger partial charge in [0.05, 0.1) is 6.20 Å². The normalized spacial score (nSPS) is 20.2. The summed E-state index contributed by atoms with van der Waals surface area (Å²) < 4.78 is 0. The first-order chi connectivity index (χ1) is 8.27. The predicted octanol–water partition coefficient (Wildman–Crippen LogP) is -0.350. The first kappa shape index (κ1) is 11.8. The maximum Gasteiger partial charge on any atom is 0.242 e. The van der Waals surface area contributed by atoms with Crippen molar-refractivity contribution in [3.63, 3.8) is 0 Å². The van der Waals surface area contributed by atoms with Crippen LogP contribution in [-0.2, 0) is 11.3 Å². The molecule has 1 aromatic heterocycles. The Bertz CT molecular complexity index is 409. The topological polar surface area (TPSA) is 84.1 Å². The van der Waals surface area contributed by atoms with E-state index >= 15 is 0 Å². The van der Waals surface area contributed by atoms with Crippen LogP contribution in [0.5, 0.6) is 0 Å². The summed E-state index contributed by atoms with van der Waals surface area (Å²) in [5, 5.41) is 10.9. The van der Waals surface area contributed by atoms with Gasteiger partial charge in [0.1, 0.15) is 6.04 Å². The van der Waals surface area contributed by atoms with Gasteiger partial charge in [-0.1, -0.05) is 6.92 Å². The molecular formula is C11H17N5O. The number of hydrogen-bond acceptors (Lipinski definition) is 5. The summed E-state index contributed by atoms with van der Waals surface area (Å²) in [6.07, 6.45) is 2.36. The average molecular weight is 235 g/mol. The smallest absolute Gasteiger partial charge is 0.242 e. The van der Waals surface area contributed by atoms with Crippen molar-refractivity contribution < 1.29 is 4.79 Å². The van der Waals surface area contributed by atoms with E-state index in [-0.39, 0.29) is 11.9 Å². The van der Waals surface area contributed by atoms with Gasteiger partial charge >= 0.3 is 0 Å². The molecule has 0 bridgehead atoms. The molecule has 92 valence electrons. The van der Waals surface area contributed by atoms with Crippen LogP contribution in [0.4, 0.5) is 5.82 Å². The van der Waals surface area contributed by atoms with Crippen molar-refractivity contribution in [1.82, 2.24) is 15.5 Å². The lowest BCUT2D eigenvalue weighted by Crippen LogP contribution is -2.55. The number of hydrogen-bond donors (Lipinski definition) is 2. The fraction of sp³-hybridized carbons (Fsp3) is 0.545. The third kappa shape index (κ3) is 2.21. The Kier molecular flexibility index (Phi) is 3.53. The van der Waals surface area contributed by atoms with Crippen molar-refractivity contribution >= 4 is 11.7 Å². The van der Waals surface area contributed by atoms with Crippen molar-refractivity contribution in [1.29, 1.82) is 0 Å². The molecule has 6 nitrogen and oxygen atoms in total. The Hall–Kier alpha value is -1.69. The Labute approximate surface area is 100 Å². The van der Waals surface area contributed by atoms with E-state index in [1.54, 1.807) is 6.20 Å². The van der Waals surface area contributed by atoms with E-state index in [4.69, 9.17) is 5.73 Å². The molecule has 1 atom stereocenters. The second-order valence-corrected chi connectivity index (χ2v) is 3.99. The van der Waals surface area contributed by atoms with Crippen LogP contribution in [0.2, 0.25) is 0 Å². The van der Waals surface area contributed by atoms with Crippen molar-refractivity contribution in [2.24, 2.45) is 5.73 Å². The van der Waals surface area contributed by atoms with Crippen molar-refractivity contribution in [3.05, 3.63) is 17.8 Å². The maximum atomic E-state index is 11.8. The fourth-order valence-electron chi connectivity index (χ4n) is 2.13. The lowest BCUT2D eigenvalue weighted by Gasteiger charge is -2.35. The molecule has 1 saturated heterocycles. The highest BCUT2D eigenvalue weighted by atomic mass is 16.2. The maximum absolute atomic E-state index is 11.8. The minimum absolute atomic E-state index is 0.0485. The summed E-state index contributed by atoms with van der Waals surface area (Å²) >= 11 is 0. The first-order valence-corrected chi connectivity index (χ1v) is 5.83. The summed E-state index contributed by atoms with van der Waals surface area (Å²) in [5.74, 6) is 0.782. The number of amides is 1. The zero-order chi connectivity index (χ0) is 12.3. The van der Waals surface area contributed by atoms with Crippen LogP contribution in [0.3, 0.4) is 0 Å². The number of anilines is 1. The molecular weight excluding hydrogens is 218 g/mol. The van der Waals surface area contributed by atoms with Gasteiger partial charge in [-0.3, -0.25) is 4.79 Å². The third-order valence-corrected chi connectivity index (χ3v) is 2.99. The molecule has 1 unspecified atom stereocenters. The summed E-state index contributed by atoms with van der Waals surface area (Å²) in [5.41, 5.74) is 6.61. The van der Waals surface area contributed by atoms with Crippen LogP contribution in [0.15, 0.2) is 12.3 Å². The van der Waals surface area contributed by atoms with E-state index in [9.17, 15) is 4.79 Å².